The lowest BCUT2D eigenvalue weighted by Gasteiger charge is -1.98. The molecule has 0 unspecified atom stereocenters. The van der Waals surface area contributed by atoms with Crippen LogP contribution >= 0.6 is 11.6 Å². The molecule has 0 aliphatic rings. The van der Waals surface area contributed by atoms with Gasteiger partial charge in [-0.15, -0.1) is 0 Å². The van der Waals surface area contributed by atoms with Crippen LogP contribution in [0.4, 0.5) is 0 Å². The van der Waals surface area contributed by atoms with Gasteiger partial charge in [-0.25, -0.2) is 13.6 Å². The molecule has 0 aliphatic heterocycles. The molecule has 0 atom stereocenters. The first kappa shape index (κ1) is 9.51. The molecule has 0 spiro atoms. The van der Waals surface area contributed by atoms with Crippen LogP contribution in [0.25, 0.3) is 0 Å². The second kappa shape index (κ2) is 3.43. The van der Waals surface area contributed by atoms with E-state index in [1.165, 1.54) is 0 Å². The van der Waals surface area contributed by atoms with Crippen LogP contribution in [0.2, 0.25) is 5.02 Å². The van der Waals surface area contributed by atoms with Gasteiger partial charge in [0.25, 0.3) is 0 Å². The summed E-state index contributed by atoms with van der Waals surface area (Å²) in [6.07, 6.45) is 0. The van der Waals surface area contributed by atoms with Gasteiger partial charge < -0.3 is 0 Å². The highest BCUT2D eigenvalue weighted by Crippen LogP contribution is 2.11. The molecule has 0 amide bonds. The average molecular weight is 206 g/mol. The standard InChI is InChI=1S/C7H8ClNO2S/c8-7-3-1-2-6(4-7)5-12(9,10)11/h1-4H,5H2,(H2,9,10,11). The first-order valence-electron chi connectivity index (χ1n) is 3.22. The minimum absolute atomic E-state index is 0.173. The van der Waals surface area contributed by atoms with Crippen molar-refractivity contribution in [2.24, 2.45) is 5.14 Å². The van der Waals surface area contributed by atoms with E-state index in [2.05, 4.69) is 0 Å². The highest BCUT2D eigenvalue weighted by atomic mass is 35.5. The quantitative estimate of drug-likeness (QED) is 0.787. The van der Waals surface area contributed by atoms with Gasteiger partial charge in [0.1, 0.15) is 0 Å². The Labute approximate surface area is 76.2 Å². The Morgan fingerprint density at radius 1 is 1.42 bits per heavy atom. The van der Waals surface area contributed by atoms with Gasteiger partial charge >= 0.3 is 0 Å². The van der Waals surface area contributed by atoms with E-state index >= 15 is 0 Å². The number of primary sulfonamides is 1. The van der Waals surface area contributed by atoms with Crippen LogP contribution in [0.1, 0.15) is 5.56 Å². The highest BCUT2D eigenvalue weighted by Gasteiger charge is 2.04. The van der Waals surface area contributed by atoms with Gasteiger partial charge in [-0.1, -0.05) is 23.7 Å². The van der Waals surface area contributed by atoms with Crippen LogP contribution in [-0.4, -0.2) is 8.42 Å². The first-order valence-corrected chi connectivity index (χ1v) is 5.31. The van der Waals surface area contributed by atoms with Crippen LogP contribution in [0.3, 0.4) is 0 Å². The zero-order valence-electron chi connectivity index (χ0n) is 6.20. The van der Waals surface area contributed by atoms with Gasteiger partial charge in [-0.05, 0) is 17.7 Å². The first-order chi connectivity index (χ1) is 5.47. The Morgan fingerprint density at radius 3 is 2.58 bits per heavy atom. The smallest absolute Gasteiger partial charge is 0.213 e. The summed E-state index contributed by atoms with van der Waals surface area (Å²) in [5.74, 6) is -0.173. The topological polar surface area (TPSA) is 60.2 Å². The molecular weight excluding hydrogens is 198 g/mol. The van der Waals surface area contributed by atoms with Crippen molar-refractivity contribution in [3.8, 4) is 0 Å². The normalized spacial score (nSPS) is 11.5. The molecule has 3 nitrogen and oxygen atoms in total. The number of halogens is 1. The molecule has 1 rings (SSSR count). The minimum Gasteiger partial charge on any atom is -0.228 e. The summed E-state index contributed by atoms with van der Waals surface area (Å²) in [7, 11) is -3.45. The predicted octanol–water partition coefficient (Wildman–Crippen LogP) is 1.13. The average Bonchev–Trinajstić information content (AvgIpc) is 1.82. The lowest BCUT2D eigenvalue weighted by atomic mass is 10.2. The van der Waals surface area contributed by atoms with Crippen LogP contribution in [0.15, 0.2) is 24.3 Å². The Balaban J connectivity index is 2.91. The Bertz CT molecular complexity index is 375. The molecule has 12 heavy (non-hydrogen) atoms. The largest absolute Gasteiger partial charge is 0.228 e. The van der Waals surface area contributed by atoms with E-state index in [4.69, 9.17) is 16.7 Å². The molecule has 0 saturated carbocycles. The molecule has 1 aromatic carbocycles. The van der Waals surface area contributed by atoms with Crippen LogP contribution < -0.4 is 5.14 Å². The molecule has 0 heterocycles. The monoisotopic (exact) mass is 205 g/mol. The summed E-state index contributed by atoms with van der Waals surface area (Å²) in [6, 6.07) is 6.60. The van der Waals surface area contributed by atoms with Crippen molar-refractivity contribution in [1.29, 1.82) is 0 Å². The molecule has 0 fully saturated rings. The maximum absolute atomic E-state index is 10.6. The third-order valence-corrected chi connectivity index (χ3v) is 2.23. The van der Waals surface area contributed by atoms with E-state index in [0.29, 0.717) is 10.6 Å². The van der Waals surface area contributed by atoms with Gasteiger partial charge in [-0.2, -0.15) is 0 Å². The fourth-order valence-electron chi connectivity index (χ4n) is 0.859. The number of hydrogen-bond donors (Lipinski definition) is 1. The number of rotatable bonds is 2. The molecule has 0 aromatic heterocycles. The van der Waals surface area contributed by atoms with Crippen molar-refractivity contribution in [2.75, 3.05) is 0 Å². The summed E-state index contributed by atoms with van der Waals surface area (Å²) < 4.78 is 21.3. The second-order valence-electron chi connectivity index (χ2n) is 2.44. The van der Waals surface area contributed by atoms with Crippen molar-refractivity contribution in [2.45, 2.75) is 5.75 Å². The molecule has 1 aromatic rings. The van der Waals surface area contributed by atoms with Gasteiger partial charge in [0.2, 0.25) is 10.0 Å². The van der Waals surface area contributed by atoms with E-state index in [-0.39, 0.29) is 5.75 Å². The third-order valence-electron chi connectivity index (χ3n) is 1.26. The van der Waals surface area contributed by atoms with Crippen LogP contribution in [0, 0.1) is 0 Å². The maximum atomic E-state index is 10.6. The fraction of sp³-hybridized carbons (Fsp3) is 0.143. The summed E-state index contributed by atoms with van der Waals surface area (Å²) in [6.45, 7) is 0. The van der Waals surface area contributed by atoms with Gasteiger partial charge in [-0.3, -0.25) is 0 Å². The fourth-order valence-corrected chi connectivity index (χ4v) is 1.72. The molecule has 2 N–H and O–H groups in total. The summed E-state index contributed by atoms with van der Waals surface area (Å²) in [5, 5.41) is 5.36. The SMILES string of the molecule is NS(=O)(=O)Cc1cccc(Cl)c1. The van der Waals surface area contributed by atoms with Crippen molar-refractivity contribution in [3.05, 3.63) is 34.9 Å². The summed E-state index contributed by atoms with van der Waals surface area (Å²) in [5.41, 5.74) is 0.602. The third kappa shape index (κ3) is 3.21. The Hall–Kier alpha value is -0.580. The maximum Gasteiger partial charge on any atom is 0.213 e. The second-order valence-corrected chi connectivity index (χ2v) is 4.49. The molecule has 0 saturated heterocycles. The molecule has 0 radical (unpaired) electrons. The van der Waals surface area contributed by atoms with Crippen molar-refractivity contribution >= 4 is 21.6 Å². The lowest BCUT2D eigenvalue weighted by Crippen LogP contribution is -2.14. The number of benzene rings is 1. The van der Waals surface area contributed by atoms with E-state index in [1.807, 2.05) is 0 Å². The minimum atomic E-state index is -3.45. The zero-order valence-corrected chi connectivity index (χ0v) is 7.77. The molecular formula is C7H8ClNO2S. The molecule has 0 bridgehead atoms. The van der Waals surface area contributed by atoms with E-state index < -0.39 is 10.0 Å². The summed E-state index contributed by atoms with van der Waals surface area (Å²) in [4.78, 5) is 0. The van der Waals surface area contributed by atoms with Gasteiger partial charge in [0.15, 0.2) is 0 Å². The molecule has 66 valence electrons. The number of nitrogens with two attached hydrogens (primary N) is 1. The molecule has 0 aliphatic carbocycles. The van der Waals surface area contributed by atoms with Crippen LogP contribution in [0.5, 0.6) is 0 Å². The lowest BCUT2D eigenvalue weighted by molar-refractivity contribution is 0.597. The Morgan fingerprint density at radius 2 is 2.08 bits per heavy atom. The van der Waals surface area contributed by atoms with E-state index in [9.17, 15) is 8.42 Å². The number of sulfonamides is 1. The van der Waals surface area contributed by atoms with E-state index in [1.54, 1.807) is 24.3 Å². The van der Waals surface area contributed by atoms with Gasteiger partial charge in [0.05, 0.1) is 5.75 Å². The van der Waals surface area contributed by atoms with Crippen molar-refractivity contribution in [3.63, 3.8) is 0 Å². The van der Waals surface area contributed by atoms with Crippen molar-refractivity contribution in [1.82, 2.24) is 0 Å². The molecule has 5 heteroatoms. The van der Waals surface area contributed by atoms with Crippen LogP contribution in [-0.2, 0) is 15.8 Å². The summed E-state index contributed by atoms with van der Waals surface area (Å²) >= 11 is 5.64. The Kier molecular flexibility index (Phi) is 2.72. The zero-order chi connectivity index (χ0) is 9.19. The number of hydrogen-bond acceptors (Lipinski definition) is 2. The van der Waals surface area contributed by atoms with Gasteiger partial charge in [0, 0.05) is 5.02 Å². The van der Waals surface area contributed by atoms with E-state index in [0.717, 1.165) is 0 Å². The van der Waals surface area contributed by atoms with Crippen molar-refractivity contribution < 1.29 is 8.42 Å². The predicted molar refractivity (Wildman–Crippen MR) is 48.3 cm³/mol. The highest BCUT2D eigenvalue weighted by molar-refractivity contribution is 7.88.